The maximum atomic E-state index is 11.9. The van der Waals surface area contributed by atoms with Crippen molar-refractivity contribution in [2.24, 2.45) is 0 Å². The van der Waals surface area contributed by atoms with E-state index in [0.29, 0.717) is 22.3 Å². The molecule has 2 amide bonds. The number of rotatable bonds is 3. The predicted molar refractivity (Wildman–Crippen MR) is 73.3 cm³/mol. The standard InChI is InChI=1S/C12H13Cl2N3O2/c13-7-2-1-3-8(11(7)14)17-10(18)6-9-12(19)16-5-4-15-9/h1-3,9,15H,4-6H2,(H,16,19)(H,17,18)/p+1/t9-/m1/s1. The topological polar surface area (TPSA) is 74.8 Å². The number of amides is 2. The van der Waals surface area contributed by atoms with Crippen LogP contribution in [0.5, 0.6) is 0 Å². The molecule has 1 aliphatic rings. The zero-order valence-corrected chi connectivity index (χ0v) is 11.6. The fourth-order valence-corrected chi connectivity index (χ4v) is 2.24. The second-order valence-electron chi connectivity index (χ2n) is 4.28. The molecule has 4 N–H and O–H groups in total. The zero-order chi connectivity index (χ0) is 13.8. The number of nitrogens with one attached hydrogen (secondary N) is 2. The van der Waals surface area contributed by atoms with Crippen LogP contribution in [-0.2, 0) is 9.59 Å². The molecule has 1 saturated heterocycles. The van der Waals surface area contributed by atoms with Gasteiger partial charge in [-0.25, -0.2) is 0 Å². The highest BCUT2D eigenvalue weighted by Crippen LogP contribution is 2.29. The van der Waals surface area contributed by atoms with Crippen LogP contribution in [0, 0.1) is 0 Å². The molecule has 0 bridgehead atoms. The maximum Gasteiger partial charge on any atom is 0.278 e. The Balaban J connectivity index is 1.97. The van der Waals surface area contributed by atoms with Crippen LogP contribution in [0.4, 0.5) is 5.69 Å². The van der Waals surface area contributed by atoms with Gasteiger partial charge in [-0.3, -0.25) is 9.59 Å². The second-order valence-corrected chi connectivity index (χ2v) is 5.06. The lowest BCUT2D eigenvalue weighted by molar-refractivity contribution is -0.678. The highest BCUT2D eigenvalue weighted by atomic mass is 35.5. The van der Waals surface area contributed by atoms with Crippen molar-refractivity contribution in [2.75, 3.05) is 18.4 Å². The summed E-state index contributed by atoms with van der Waals surface area (Å²) in [6.07, 6.45) is 0.106. The van der Waals surface area contributed by atoms with Gasteiger partial charge in [0, 0.05) is 0 Å². The minimum atomic E-state index is -0.383. The van der Waals surface area contributed by atoms with E-state index in [2.05, 4.69) is 10.6 Å². The Bertz CT molecular complexity index is 508. The Morgan fingerprint density at radius 3 is 3.00 bits per heavy atom. The van der Waals surface area contributed by atoms with Gasteiger partial charge in [-0.15, -0.1) is 0 Å². The highest BCUT2D eigenvalue weighted by molar-refractivity contribution is 6.43. The van der Waals surface area contributed by atoms with Gasteiger partial charge in [0.15, 0.2) is 6.04 Å². The summed E-state index contributed by atoms with van der Waals surface area (Å²) in [6.45, 7) is 1.42. The van der Waals surface area contributed by atoms with Crippen LogP contribution in [0.1, 0.15) is 6.42 Å². The van der Waals surface area contributed by atoms with Crippen molar-refractivity contribution in [3.05, 3.63) is 28.2 Å². The Morgan fingerprint density at radius 2 is 2.26 bits per heavy atom. The normalized spacial score (nSPS) is 18.8. The molecule has 2 rings (SSSR count). The van der Waals surface area contributed by atoms with Crippen molar-refractivity contribution in [1.29, 1.82) is 0 Å². The molecular weight excluding hydrogens is 289 g/mol. The zero-order valence-electron chi connectivity index (χ0n) is 10.1. The molecule has 0 spiro atoms. The molecule has 1 aromatic rings. The number of carbonyl (C=O) groups is 2. The van der Waals surface area contributed by atoms with E-state index in [1.165, 1.54) is 0 Å². The van der Waals surface area contributed by atoms with Crippen LogP contribution < -0.4 is 16.0 Å². The number of hydrogen-bond donors (Lipinski definition) is 3. The number of piperazine rings is 1. The Hall–Kier alpha value is -1.30. The van der Waals surface area contributed by atoms with Crippen LogP contribution >= 0.6 is 23.2 Å². The van der Waals surface area contributed by atoms with Gasteiger partial charge in [0.1, 0.15) is 0 Å². The molecule has 1 aromatic carbocycles. The summed E-state index contributed by atoms with van der Waals surface area (Å²) in [5, 5.41) is 7.92. The van der Waals surface area contributed by atoms with E-state index in [1.807, 2.05) is 5.32 Å². The Labute approximate surface area is 120 Å². The Kier molecular flexibility index (Phi) is 4.63. The Morgan fingerprint density at radius 1 is 1.47 bits per heavy atom. The summed E-state index contributed by atoms with van der Waals surface area (Å²) in [4.78, 5) is 23.4. The first-order chi connectivity index (χ1) is 9.08. The number of hydrogen-bond acceptors (Lipinski definition) is 2. The quantitative estimate of drug-likeness (QED) is 0.755. The number of carbonyl (C=O) groups excluding carboxylic acids is 2. The minimum Gasteiger partial charge on any atom is -0.345 e. The van der Waals surface area contributed by atoms with Gasteiger partial charge < -0.3 is 16.0 Å². The third kappa shape index (κ3) is 3.59. The third-order valence-corrected chi connectivity index (χ3v) is 3.68. The van der Waals surface area contributed by atoms with Gasteiger partial charge in [0.25, 0.3) is 5.91 Å². The molecule has 0 aromatic heterocycles. The van der Waals surface area contributed by atoms with Crippen molar-refractivity contribution in [1.82, 2.24) is 5.32 Å². The number of benzene rings is 1. The van der Waals surface area contributed by atoms with Crippen LogP contribution in [0.2, 0.25) is 10.0 Å². The molecule has 0 aliphatic carbocycles. The van der Waals surface area contributed by atoms with Gasteiger partial charge in [0.2, 0.25) is 5.91 Å². The smallest absolute Gasteiger partial charge is 0.278 e. The fourth-order valence-electron chi connectivity index (χ4n) is 1.90. The van der Waals surface area contributed by atoms with Crippen molar-refractivity contribution in [3.8, 4) is 0 Å². The molecule has 19 heavy (non-hydrogen) atoms. The number of halogens is 2. The molecule has 1 heterocycles. The van der Waals surface area contributed by atoms with Gasteiger partial charge in [-0.1, -0.05) is 29.3 Å². The summed E-state index contributed by atoms with van der Waals surface area (Å²) < 4.78 is 0. The lowest BCUT2D eigenvalue weighted by Gasteiger charge is -2.19. The van der Waals surface area contributed by atoms with Crippen LogP contribution in [-0.4, -0.2) is 30.9 Å². The molecule has 1 aliphatic heterocycles. The van der Waals surface area contributed by atoms with Gasteiger partial charge in [-0.05, 0) is 12.1 Å². The number of nitrogens with two attached hydrogens (primary N) is 1. The summed E-state index contributed by atoms with van der Waals surface area (Å²) >= 11 is 11.8. The van der Waals surface area contributed by atoms with E-state index in [9.17, 15) is 9.59 Å². The number of anilines is 1. The van der Waals surface area contributed by atoms with E-state index in [0.717, 1.165) is 6.54 Å². The lowest BCUT2D eigenvalue weighted by atomic mass is 10.1. The monoisotopic (exact) mass is 302 g/mol. The summed E-state index contributed by atoms with van der Waals surface area (Å²) in [6, 6.07) is 4.62. The molecule has 0 unspecified atom stereocenters. The maximum absolute atomic E-state index is 11.9. The van der Waals surface area contributed by atoms with Crippen LogP contribution in [0.25, 0.3) is 0 Å². The largest absolute Gasteiger partial charge is 0.345 e. The van der Waals surface area contributed by atoms with E-state index < -0.39 is 0 Å². The molecule has 0 saturated carbocycles. The fraction of sp³-hybridized carbons (Fsp3) is 0.333. The number of quaternary nitrogens is 1. The van der Waals surface area contributed by atoms with Crippen molar-refractivity contribution in [3.63, 3.8) is 0 Å². The lowest BCUT2D eigenvalue weighted by Crippen LogP contribution is -2.96. The van der Waals surface area contributed by atoms with E-state index in [-0.39, 0.29) is 24.3 Å². The summed E-state index contributed by atoms with van der Waals surface area (Å²) in [5.41, 5.74) is 0.454. The molecule has 1 fully saturated rings. The van der Waals surface area contributed by atoms with Crippen molar-refractivity contribution >= 4 is 40.7 Å². The SMILES string of the molecule is O=C(C[C@H]1[NH2+]CCNC1=O)Nc1cccc(Cl)c1Cl. The van der Waals surface area contributed by atoms with E-state index in [1.54, 1.807) is 18.2 Å². The first-order valence-corrected chi connectivity index (χ1v) is 6.68. The summed E-state index contributed by atoms with van der Waals surface area (Å²) in [5.74, 6) is -0.374. The van der Waals surface area contributed by atoms with Gasteiger partial charge >= 0.3 is 0 Å². The van der Waals surface area contributed by atoms with Gasteiger partial charge in [-0.2, -0.15) is 0 Å². The molecule has 0 radical (unpaired) electrons. The minimum absolute atomic E-state index is 0.106. The van der Waals surface area contributed by atoms with Crippen molar-refractivity contribution in [2.45, 2.75) is 12.5 Å². The van der Waals surface area contributed by atoms with E-state index in [4.69, 9.17) is 23.2 Å². The van der Waals surface area contributed by atoms with Crippen LogP contribution in [0.3, 0.4) is 0 Å². The third-order valence-electron chi connectivity index (χ3n) is 2.86. The van der Waals surface area contributed by atoms with Crippen LogP contribution in [0.15, 0.2) is 18.2 Å². The second kappa shape index (κ2) is 6.23. The molecule has 5 nitrogen and oxygen atoms in total. The van der Waals surface area contributed by atoms with Gasteiger partial charge in [0.05, 0.1) is 35.2 Å². The average molecular weight is 303 g/mol. The molecule has 1 atom stereocenters. The highest BCUT2D eigenvalue weighted by Gasteiger charge is 2.28. The summed E-state index contributed by atoms with van der Waals surface area (Å²) in [7, 11) is 0. The first kappa shape index (κ1) is 14.1. The van der Waals surface area contributed by atoms with E-state index >= 15 is 0 Å². The van der Waals surface area contributed by atoms with Crippen molar-refractivity contribution < 1.29 is 14.9 Å². The average Bonchev–Trinajstić information content (AvgIpc) is 2.38. The predicted octanol–water partition coefficient (Wildman–Crippen LogP) is 0.384. The first-order valence-electron chi connectivity index (χ1n) is 5.93. The molecule has 7 heteroatoms. The molecular formula is C12H14Cl2N3O2+. The molecule has 102 valence electrons.